The molecule has 1 unspecified atom stereocenters. The number of amidine groups is 1. The van der Waals surface area contributed by atoms with Gasteiger partial charge in [0.2, 0.25) is 0 Å². The van der Waals surface area contributed by atoms with Crippen LogP contribution in [0.15, 0.2) is 4.99 Å². The highest BCUT2D eigenvalue weighted by Crippen LogP contribution is 1.87. The molecule has 1 aliphatic heterocycles. The second kappa shape index (κ2) is 2.11. The Morgan fingerprint density at radius 1 is 1.88 bits per heavy atom. The zero-order chi connectivity index (χ0) is 5.98. The summed E-state index contributed by atoms with van der Waals surface area (Å²) >= 11 is 0. The van der Waals surface area contributed by atoms with E-state index in [0.717, 1.165) is 12.3 Å². The molecule has 0 saturated carbocycles. The number of aliphatic imine (C=N–C) groups is 1. The van der Waals surface area contributed by atoms with Gasteiger partial charge in [0.1, 0.15) is 5.84 Å². The van der Waals surface area contributed by atoms with Crippen molar-refractivity contribution in [1.82, 2.24) is 10.9 Å². The molecule has 4 heteroatoms. The molecule has 4 nitrogen and oxygen atoms in total. The summed E-state index contributed by atoms with van der Waals surface area (Å²) in [5.74, 6) is 0.928. The molecular formula is C4H10N4. The molecule has 0 aliphatic carbocycles. The molecule has 1 aliphatic rings. The van der Waals surface area contributed by atoms with Gasteiger partial charge in [-0.05, 0) is 0 Å². The van der Waals surface area contributed by atoms with Crippen molar-refractivity contribution in [1.29, 1.82) is 0 Å². The van der Waals surface area contributed by atoms with Gasteiger partial charge in [-0.3, -0.25) is 5.73 Å². The fourth-order valence-electron chi connectivity index (χ4n) is 0.569. The molecule has 46 valence electrons. The Hall–Kier alpha value is -0.610. The molecular weight excluding hydrogens is 104 g/mol. The van der Waals surface area contributed by atoms with Gasteiger partial charge in [-0.25, -0.2) is 4.99 Å². The molecule has 0 saturated heterocycles. The van der Waals surface area contributed by atoms with Crippen LogP contribution >= 0.6 is 0 Å². The van der Waals surface area contributed by atoms with Crippen molar-refractivity contribution in [3.05, 3.63) is 0 Å². The summed E-state index contributed by atoms with van der Waals surface area (Å²) in [6, 6.07) is 0. The molecule has 1 heterocycles. The number of hydrazine groups is 1. The van der Waals surface area contributed by atoms with Gasteiger partial charge < -0.3 is 5.43 Å². The third-order valence-corrected chi connectivity index (χ3v) is 0.994. The van der Waals surface area contributed by atoms with E-state index in [4.69, 9.17) is 5.73 Å². The third kappa shape index (κ3) is 0.962. The number of nitrogens with one attached hydrogen (secondary N) is 2. The van der Waals surface area contributed by atoms with Crippen molar-refractivity contribution >= 4 is 5.84 Å². The Balaban J connectivity index is 2.44. The first kappa shape index (κ1) is 5.53. The second-order valence-corrected chi connectivity index (χ2v) is 1.64. The van der Waals surface area contributed by atoms with Crippen molar-refractivity contribution in [3.63, 3.8) is 0 Å². The fraction of sp³-hybridized carbons (Fsp3) is 0.750. The van der Waals surface area contributed by atoms with Crippen molar-refractivity contribution < 1.29 is 0 Å². The Morgan fingerprint density at radius 2 is 2.62 bits per heavy atom. The Kier molecular flexibility index (Phi) is 1.45. The Bertz CT molecular complexity index is 109. The van der Waals surface area contributed by atoms with Crippen LogP contribution in [0, 0.1) is 0 Å². The van der Waals surface area contributed by atoms with Crippen LogP contribution in [0.5, 0.6) is 0 Å². The van der Waals surface area contributed by atoms with Crippen molar-refractivity contribution in [2.75, 3.05) is 0 Å². The van der Waals surface area contributed by atoms with E-state index >= 15 is 0 Å². The first-order chi connectivity index (χ1) is 3.83. The number of nitrogens with zero attached hydrogens (tertiary/aromatic N) is 1. The summed E-state index contributed by atoms with van der Waals surface area (Å²) < 4.78 is 0. The smallest absolute Gasteiger partial charge is 0.169 e. The summed E-state index contributed by atoms with van der Waals surface area (Å²) in [5.41, 5.74) is 10.9. The maximum Gasteiger partial charge on any atom is 0.169 e. The Morgan fingerprint density at radius 3 is 2.88 bits per heavy atom. The number of hydrogen-bond acceptors (Lipinski definition) is 4. The SMILES string of the molecule is CCC1=NC(N)NN1. The molecule has 1 atom stereocenters. The van der Waals surface area contributed by atoms with E-state index in [-0.39, 0.29) is 6.29 Å². The molecule has 0 amide bonds. The van der Waals surface area contributed by atoms with Gasteiger partial charge in [-0.1, -0.05) is 6.92 Å². The standard InChI is InChI=1S/C4H10N4/c1-2-3-6-4(5)8-7-3/h4,8H,2,5H2,1H3,(H,6,7). The molecule has 0 aromatic carbocycles. The lowest BCUT2D eigenvalue weighted by Gasteiger charge is -1.96. The highest BCUT2D eigenvalue weighted by Gasteiger charge is 2.07. The van der Waals surface area contributed by atoms with E-state index in [1.165, 1.54) is 0 Å². The van der Waals surface area contributed by atoms with Crippen LogP contribution in [0.2, 0.25) is 0 Å². The van der Waals surface area contributed by atoms with Gasteiger partial charge in [0.15, 0.2) is 6.29 Å². The van der Waals surface area contributed by atoms with Crippen LogP contribution < -0.4 is 16.6 Å². The number of nitrogens with two attached hydrogens (primary N) is 1. The van der Waals surface area contributed by atoms with Crippen LogP contribution in [0.3, 0.4) is 0 Å². The molecule has 1 rings (SSSR count). The normalized spacial score (nSPS) is 27.2. The summed E-state index contributed by atoms with van der Waals surface area (Å²) in [4.78, 5) is 3.98. The minimum absolute atomic E-state index is 0.245. The third-order valence-electron chi connectivity index (χ3n) is 0.994. The maximum atomic E-state index is 5.34. The quantitative estimate of drug-likeness (QED) is 0.416. The van der Waals surface area contributed by atoms with Crippen LogP contribution in [-0.4, -0.2) is 12.1 Å². The largest absolute Gasteiger partial charge is 0.306 e. The van der Waals surface area contributed by atoms with Gasteiger partial charge in [-0.2, -0.15) is 5.43 Å². The highest BCUT2D eigenvalue weighted by molar-refractivity contribution is 5.82. The van der Waals surface area contributed by atoms with Gasteiger partial charge in [-0.15, -0.1) is 0 Å². The topological polar surface area (TPSA) is 62.4 Å². The van der Waals surface area contributed by atoms with Gasteiger partial charge in [0.25, 0.3) is 0 Å². The van der Waals surface area contributed by atoms with Crippen molar-refractivity contribution in [3.8, 4) is 0 Å². The first-order valence-electron chi connectivity index (χ1n) is 2.66. The zero-order valence-corrected chi connectivity index (χ0v) is 4.81. The summed E-state index contributed by atoms with van der Waals surface area (Å²) in [5, 5.41) is 0. The predicted octanol–water partition coefficient (Wildman–Crippen LogP) is -0.855. The average Bonchev–Trinajstić information content (AvgIpc) is 2.14. The van der Waals surface area contributed by atoms with Crippen LogP contribution in [0.4, 0.5) is 0 Å². The Labute approximate surface area is 48.1 Å². The lowest BCUT2D eigenvalue weighted by atomic mass is 10.5. The lowest BCUT2D eigenvalue weighted by molar-refractivity contribution is 0.566. The zero-order valence-electron chi connectivity index (χ0n) is 4.81. The van der Waals surface area contributed by atoms with Crippen LogP contribution in [0.1, 0.15) is 13.3 Å². The maximum absolute atomic E-state index is 5.34. The molecule has 0 radical (unpaired) electrons. The van der Waals surface area contributed by atoms with E-state index in [9.17, 15) is 0 Å². The number of rotatable bonds is 1. The molecule has 0 aromatic rings. The minimum atomic E-state index is -0.245. The van der Waals surface area contributed by atoms with E-state index in [2.05, 4.69) is 15.8 Å². The molecule has 8 heavy (non-hydrogen) atoms. The molecule has 0 bridgehead atoms. The molecule has 0 fully saturated rings. The van der Waals surface area contributed by atoms with Crippen LogP contribution in [0.25, 0.3) is 0 Å². The summed E-state index contributed by atoms with van der Waals surface area (Å²) in [6.45, 7) is 2.02. The van der Waals surface area contributed by atoms with Gasteiger partial charge in [0, 0.05) is 6.42 Å². The highest BCUT2D eigenvalue weighted by atomic mass is 15.5. The summed E-state index contributed by atoms with van der Waals surface area (Å²) in [7, 11) is 0. The van der Waals surface area contributed by atoms with E-state index in [0.29, 0.717) is 0 Å². The lowest BCUT2D eigenvalue weighted by Crippen LogP contribution is -2.39. The van der Waals surface area contributed by atoms with E-state index in [1.54, 1.807) is 0 Å². The van der Waals surface area contributed by atoms with Gasteiger partial charge >= 0.3 is 0 Å². The molecule has 0 aromatic heterocycles. The summed E-state index contributed by atoms with van der Waals surface area (Å²) in [6.07, 6.45) is 0.658. The van der Waals surface area contributed by atoms with Crippen molar-refractivity contribution in [2.45, 2.75) is 19.6 Å². The average molecular weight is 114 g/mol. The molecule has 0 spiro atoms. The van der Waals surface area contributed by atoms with Crippen LogP contribution in [-0.2, 0) is 0 Å². The number of hydrogen-bond donors (Lipinski definition) is 3. The minimum Gasteiger partial charge on any atom is -0.306 e. The van der Waals surface area contributed by atoms with Gasteiger partial charge in [0.05, 0.1) is 0 Å². The molecule has 4 N–H and O–H groups in total. The van der Waals surface area contributed by atoms with E-state index < -0.39 is 0 Å². The fourth-order valence-corrected chi connectivity index (χ4v) is 0.569. The predicted molar refractivity (Wildman–Crippen MR) is 32.0 cm³/mol. The second-order valence-electron chi connectivity index (χ2n) is 1.64. The monoisotopic (exact) mass is 114 g/mol. The first-order valence-corrected chi connectivity index (χ1v) is 2.66. The van der Waals surface area contributed by atoms with E-state index in [1.807, 2.05) is 6.92 Å². The van der Waals surface area contributed by atoms with Crippen molar-refractivity contribution in [2.24, 2.45) is 10.7 Å².